The second kappa shape index (κ2) is 9.84. The van der Waals surface area contributed by atoms with Crippen molar-refractivity contribution in [2.24, 2.45) is 5.73 Å². The molecule has 34 heavy (non-hydrogen) atoms. The number of rotatable bonds is 8. The van der Waals surface area contributed by atoms with Crippen LogP contribution in [0, 0.1) is 17.7 Å². The smallest absolute Gasteiger partial charge is 0.387 e. The number of aromatic amines is 1. The van der Waals surface area contributed by atoms with E-state index >= 15 is 0 Å². The Labute approximate surface area is 188 Å². The number of hydrogen-bond acceptors (Lipinski definition) is 11. The normalized spacial score (nSPS) is 29.5. The Hall–Kier alpha value is -1.54. The molecule has 8 N–H and O–H groups in total. The molecule has 1 aromatic heterocycles. The highest BCUT2D eigenvalue weighted by molar-refractivity contribution is 7.66. The highest BCUT2D eigenvalue weighted by Crippen LogP contribution is 2.66. The van der Waals surface area contributed by atoms with Crippen molar-refractivity contribution in [3.8, 4) is 11.8 Å². The van der Waals surface area contributed by atoms with Crippen LogP contribution >= 0.6 is 23.5 Å². The van der Waals surface area contributed by atoms with Crippen LogP contribution in [0.5, 0.6) is 0 Å². The van der Waals surface area contributed by atoms with Crippen molar-refractivity contribution < 1.29 is 60.6 Å². The van der Waals surface area contributed by atoms with E-state index in [1.165, 1.54) is 6.92 Å². The minimum absolute atomic E-state index is 0.424. The summed E-state index contributed by atoms with van der Waals surface area (Å²) in [5.74, 6) is 3.30. The van der Waals surface area contributed by atoms with E-state index in [9.17, 15) is 42.6 Å². The number of aliphatic hydroxyl groups is 1. The number of nitrogens with two attached hydrogens (primary N) is 1. The summed E-state index contributed by atoms with van der Waals surface area (Å²) in [5, 5.41) is 10.7. The lowest BCUT2D eigenvalue weighted by atomic mass is 9.90. The van der Waals surface area contributed by atoms with Gasteiger partial charge in [-0.1, -0.05) is 5.92 Å². The number of hydrogen-bond donors (Lipinski definition) is 7. The molecule has 2 heterocycles. The van der Waals surface area contributed by atoms with Crippen molar-refractivity contribution in [1.29, 1.82) is 0 Å². The molecule has 0 aliphatic carbocycles. The summed E-state index contributed by atoms with van der Waals surface area (Å²) in [6, 6.07) is 0. The van der Waals surface area contributed by atoms with Gasteiger partial charge in [-0.15, -0.1) is 5.92 Å². The van der Waals surface area contributed by atoms with E-state index in [1.54, 1.807) is 4.98 Å². The highest BCUT2D eigenvalue weighted by atomic mass is 31.3. The Kier molecular flexibility index (Phi) is 8.31. The molecule has 0 radical (unpaired) electrons. The standard InChI is InChI=1S/C13H19FN3O14P3/c1-3-4-13(15)9(18)8(28-11(13)17-5-7(14)10(19)16-12(17)20)6(2)29-33(24,25)31-34(26,27)30-32(21,22)23/h5-6,8-9,11,18H,15H2,1-2H3,(H,24,25)(H,26,27)(H,16,19,20)(H2,21,22,23)/t6-,8-,9+,11-,13?/m1/s1. The van der Waals surface area contributed by atoms with Crippen LogP contribution in [0.25, 0.3) is 0 Å². The molecule has 1 saturated heterocycles. The summed E-state index contributed by atoms with van der Waals surface area (Å²) in [6.07, 6.45) is -6.77. The molecule has 2 rings (SSSR count). The third-order valence-electron chi connectivity index (χ3n) is 4.19. The number of phosphoric acid groups is 3. The van der Waals surface area contributed by atoms with Gasteiger partial charge >= 0.3 is 29.2 Å². The van der Waals surface area contributed by atoms with Crippen LogP contribution in [-0.4, -0.2) is 58.1 Å². The van der Waals surface area contributed by atoms with Crippen molar-refractivity contribution in [1.82, 2.24) is 9.55 Å². The van der Waals surface area contributed by atoms with E-state index in [-0.39, 0.29) is 0 Å². The molecule has 0 saturated carbocycles. The Morgan fingerprint density at radius 1 is 1.24 bits per heavy atom. The number of ether oxygens (including phenoxy) is 1. The molecule has 3 unspecified atom stereocenters. The number of nitrogens with zero attached hydrogens (tertiary/aromatic N) is 1. The zero-order chi connectivity index (χ0) is 26.3. The lowest BCUT2D eigenvalue weighted by molar-refractivity contribution is -0.0757. The predicted octanol–water partition coefficient (Wildman–Crippen LogP) is -1.61. The Morgan fingerprint density at radius 3 is 2.35 bits per heavy atom. The van der Waals surface area contributed by atoms with Crippen molar-refractivity contribution in [3.63, 3.8) is 0 Å². The monoisotopic (exact) mass is 553 g/mol. The molecule has 0 spiro atoms. The number of aliphatic hydroxyl groups excluding tert-OH is 1. The van der Waals surface area contributed by atoms with E-state index in [0.29, 0.717) is 10.8 Å². The Balaban J connectivity index is 2.36. The molecule has 1 aliphatic heterocycles. The third kappa shape index (κ3) is 6.56. The fourth-order valence-electron chi connectivity index (χ4n) is 2.97. The Bertz CT molecular complexity index is 1270. The van der Waals surface area contributed by atoms with Crippen LogP contribution in [0.2, 0.25) is 0 Å². The van der Waals surface area contributed by atoms with Gasteiger partial charge in [-0.2, -0.15) is 13.0 Å². The van der Waals surface area contributed by atoms with Gasteiger partial charge in [0.1, 0.15) is 12.2 Å². The summed E-state index contributed by atoms with van der Waals surface area (Å²) in [6.45, 7) is 2.27. The fourth-order valence-corrected chi connectivity index (χ4v) is 6.17. The molecule has 1 fully saturated rings. The average molecular weight is 553 g/mol. The van der Waals surface area contributed by atoms with E-state index in [1.807, 2.05) is 0 Å². The lowest BCUT2D eigenvalue weighted by Crippen LogP contribution is -2.56. The van der Waals surface area contributed by atoms with Gasteiger partial charge in [-0.3, -0.25) is 18.9 Å². The van der Waals surface area contributed by atoms with Gasteiger partial charge in [0.15, 0.2) is 11.8 Å². The zero-order valence-corrected chi connectivity index (χ0v) is 19.7. The summed E-state index contributed by atoms with van der Waals surface area (Å²) in [5.41, 5.74) is 1.33. The number of halogens is 1. The topological polar surface area (TPSA) is 270 Å². The molecule has 192 valence electrons. The number of aromatic nitrogens is 2. The number of nitrogens with one attached hydrogen (secondary N) is 1. The SMILES string of the molecule is CC#CC1(N)[C@@H](O)[C@@H]([C@@H](C)OP(=O)(O)OP(=O)(O)OP(=O)(O)O)O[C@H]1n1cc(F)c(=O)[nH]c1=O. The largest absolute Gasteiger partial charge is 0.490 e. The molecule has 21 heteroatoms. The molecule has 0 aromatic carbocycles. The van der Waals surface area contributed by atoms with Gasteiger partial charge in [0.2, 0.25) is 5.82 Å². The van der Waals surface area contributed by atoms with Crippen LogP contribution in [0.1, 0.15) is 20.1 Å². The minimum atomic E-state index is -5.82. The first-order valence-electron chi connectivity index (χ1n) is 8.71. The minimum Gasteiger partial charge on any atom is -0.387 e. The predicted molar refractivity (Wildman–Crippen MR) is 106 cm³/mol. The first-order valence-corrected chi connectivity index (χ1v) is 13.2. The van der Waals surface area contributed by atoms with Crippen LogP contribution in [-0.2, 0) is 31.6 Å². The molecule has 17 nitrogen and oxygen atoms in total. The molecule has 0 bridgehead atoms. The number of H-pyrrole nitrogens is 1. The van der Waals surface area contributed by atoms with Gasteiger partial charge in [0, 0.05) is 0 Å². The maximum atomic E-state index is 13.8. The van der Waals surface area contributed by atoms with Crippen molar-refractivity contribution in [2.75, 3.05) is 0 Å². The quantitative estimate of drug-likeness (QED) is 0.141. The summed E-state index contributed by atoms with van der Waals surface area (Å²) >= 11 is 0. The van der Waals surface area contributed by atoms with E-state index < -0.39 is 70.6 Å². The maximum absolute atomic E-state index is 13.8. The third-order valence-corrected chi connectivity index (χ3v) is 8.12. The molecule has 7 atom stereocenters. The van der Waals surface area contributed by atoms with E-state index in [2.05, 4.69) is 25.0 Å². The van der Waals surface area contributed by atoms with Crippen molar-refractivity contribution in [2.45, 2.75) is 43.9 Å². The first-order chi connectivity index (χ1) is 15.3. The summed E-state index contributed by atoms with van der Waals surface area (Å²) in [4.78, 5) is 61.1. The van der Waals surface area contributed by atoms with Crippen molar-refractivity contribution in [3.05, 3.63) is 32.9 Å². The van der Waals surface area contributed by atoms with Gasteiger partial charge in [0.05, 0.1) is 12.3 Å². The first kappa shape index (κ1) is 28.7. The summed E-state index contributed by atoms with van der Waals surface area (Å²) in [7, 11) is -17.1. The van der Waals surface area contributed by atoms with Crippen LogP contribution in [0.3, 0.4) is 0 Å². The molecule has 0 amide bonds. The van der Waals surface area contributed by atoms with Crippen LogP contribution in [0.15, 0.2) is 15.8 Å². The molecule has 1 aromatic rings. The maximum Gasteiger partial charge on any atom is 0.490 e. The molecular formula is C13H19FN3O14P3. The fraction of sp³-hybridized carbons (Fsp3) is 0.538. The number of phosphoric ester groups is 1. The average Bonchev–Trinajstić information content (AvgIpc) is 2.86. The second-order valence-electron chi connectivity index (χ2n) is 6.75. The van der Waals surface area contributed by atoms with Crippen LogP contribution < -0.4 is 17.0 Å². The van der Waals surface area contributed by atoms with E-state index in [4.69, 9.17) is 20.3 Å². The van der Waals surface area contributed by atoms with Gasteiger partial charge in [-0.25, -0.2) is 18.5 Å². The lowest BCUT2D eigenvalue weighted by Gasteiger charge is -2.28. The van der Waals surface area contributed by atoms with Crippen LogP contribution in [0.4, 0.5) is 4.39 Å². The molecule has 1 aliphatic rings. The van der Waals surface area contributed by atoms with E-state index in [0.717, 1.165) is 6.92 Å². The zero-order valence-electron chi connectivity index (χ0n) is 17.0. The van der Waals surface area contributed by atoms with Gasteiger partial charge in [0.25, 0.3) is 5.56 Å². The van der Waals surface area contributed by atoms with Crippen molar-refractivity contribution >= 4 is 23.5 Å². The Morgan fingerprint density at radius 2 is 1.82 bits per heavy atom. The second-order valence-corrected chi connectivity index (χ2v) is 11.1. The molecular weight excluding hydrogens is 534 g/mol. The summed E-state index contributed by atoms with van der Waals surface area (Å²) < 4.78 is 65.7. The van der Waals surface area contributed by atoms with Gasteiger partial charge < -0.3 is 35.2 Å². The highest BCUT2D eigenvalue weighted by Gasteiger charge is 2.57. The van der Waals surface area contributed by atoms with Gasteiger partial charge in [-0.05, 0) is 13.8 Å².